The highest BCUT2D eigenvalue weighted by Gasteiger charge is 2.29. The number of carbonyl (C=O) groups is 2. The fourth-order valence-corrected chi connectivity index (χ4v) is 4.30. The van der Waals surface area contributed by atoms with E-state index in [-0.39, 0.29) is 29.1 Å². The van der Waals surface area contributed by atoms with Crippen LogP contribution in [0.1, 0.15) is 31.8 Å². The normalized spacial score (nSPS) is 12.4. The lowest BCUT2D eigenvalue weighted by Crippen LogP contribution is -2.26. The van der Waals surface area contributed by atoms with Crippen molar-refractivity contribution in [3.63, 3.8) is 0 Å². The molecule has 2 amide bonds. The number of anilines is 1. The summed E-state index contributed by atoms with van der Waals surface area (Å²) in [6, 6.07) is 21.8. The van der Waals surface area contributed by atoms with Gasteiger partial charge in [0.05, 0.1) is 32.7 Å². The second kappa shape index (κ2) is 9.42. The number of hydrazone groups is 1. The van der Waals surface area contributed by atoms with Crippen molar-refractivity contribution in [3.8, 4) is 17.2 Å². The quantitative estimate of drug-likeness (QED) is 0.299. The summed E-state index contributed by atoms with van der Waals surface area (Å²) in [5.74, 6) is -0.0649. The molecule has 0 spiro atoms. The summed E-state index contributed by atoms with van der Waals surface area (Å²) in [6.07, 6.45) is 1.42. The predicted molar refractivity (Wildman–Crippen MR) is 137 cm³/mol. The van der Waals surface area contributed by atoms with Crippen LogP contribution in [0, 0.1) is 0 Å². The maximum atomic E-state index is 13.0. The summed E-state index contributed by atoms with van der Waals surface area (Å²) < 4.78 is 10.2. The predicted octanol–water partition coefficient (Wildman–Crippen LogP) is 4.49. The molecule has 4 aromatic rings. The van der Waals surface area contributed by atoms with Gasteiger partial charge in [0.25, 0.3) is 11.8 Å². The Morgan fingerprint density at radius 3 is 2.33 bits per heavy atom. The van der Waals surface area contributed by atoms with Gasteiger partial charge >= 0.3 is 0 Å². The van der Waals surface area contributed by atoms with E-state index >= 15 is 0 Å². The molecule has 1 aliphatic heterocycles. The maximum Gasteiger partial charge on any atom is 0.271 e. The second-order valence-electron chi connectivity index (χ2n) is 8.24. The Hall–Kier alpha value is -4.85. The molecular formula is C28H23N3O5. The van der Waals surface area contributed by atoms with Crippen molar-refractivity contribution in [1.29, 1.82) is 0 Å². The van der Waals surface area contributed by atoms with Crippen molar-refractivity contribution >= 4 is 34.5 Å². The lowest BCUT2D eigenvalue weighted by atomic mass is 10.1. The van der Waals surface area contributed by atoms with E-state index in [1.807, 2.05) is 48.5 Å². The smallest absolute Gasteiger partial charge is 0.271 e. The molecule has 0 saturated heterocycles. The van der Waals surface area contributed by atoms with Gasteiger partial charge in [-0.1, -0.05) is 36.4 Å². The van der Waals surface area contributed by atoms with Crippen LogP contribution in [0.25, 0.3) is 10.8 Å². The third-order valence-corrected chi connectivity index (χ3v) is 6.09. The van der Waals surface area contributed by atoms with Crippen molar-refractivity contribution in [1.82, 2.24) is 5.43 Å². The second-order valence-corrected chi connectivity index (χ2v) is 8.24. The van der Waals surface area contributed by atoms with Crippen LogP contribution in [0.5, 0.6) is 17.2 Å². The van der Waals surface area contributed by atoms with E-state index in [1.54, 1.807) is 29.2 Å². The number of rotatable bonds is 7. The maximum absolute atomic E-state index is 13.0. The van der Waals surface area contributed by atoms with Crippen LogP contribution in [0.2, 0.25) is 0 Å². The standard InChI is InChI=1S/C28H23N3O5/c1-35-23-13-18(14-24(36-2)26(23)32)15-29-30-27(33)20-11-9-17(10-12-20)16-31-22-8-4-6-19-5-3-7-21(25(19)22)28(31)34/h3-15,32H,16H2,1-2H3,(H,30,33)/b29-15+. The van der Waals surface area contributed by atoms with E-state index in [9.17, 15) is 14.7 Å². The number of nitrogens with one attached hydrogen (secondary N) is 1. The number of phenolic OH excluding ortho intramolecular Hbond substituents is 1. The number of benzene rings is 4. The molecule has 0 aliphatic carbocycles. The minimum Gasteiger partial charge on any atom is -0.502 e. The molecule has 1 heterocycles. The first-order valence-electron chi connectivity index (χ1n) is 11.2. The van der Waals surface area contributed by atoms with Crippen LogP contribution in [-0.2, 0) is 6.54 Å². The van der Waals surface area contributed by atoms with Crippen molar-refractivity contribution in [3.05, 3.63) is 95.1 Å². The highest BCUT2D eigenvalue weighted by atomic mass is 16.5. The number of hydrogen-bond acceptors (Lipinski definition) is 6. The molecule has 0 atom stereocenters. The summed E-state index contributed by atoms with van der Waals surface area (Å²) in [5, 5.41) is 16.0. The fourth-order valence-electron chi connectivity index (χ4n) is 4.30. The summed E-state index contributed by atoms with van der Waals surface area (Å²) in [7, 11) is 2.86. The van der Waals surface area contributed by atoms with Gasteiger partial charge in [0.15, 0.2) is 11.5 Å². The van der Waals surface area contributed by atoms with E-state index in [0.717, 1.165) is 22.0 Å². The van der Waals surface area contributed by atoms with Crippen LogP contribution in [0.3, 0.4) is 0 Å². The van der Waals surface area contributed by atoms with Gasteiger partial charge in [-0.15, -0.1) is 0 Å². The summed E-state index contributed by atoms with van der Waals surface area (Å²) >= 11 is 0. The number of nitrogens with zero attached hydrogens (tertiary/aromatic N) is 2. The molecule has 4 aromatic carbocycles. The van der Waals surface area contributed by atoms with Gasteiger partial charge in [-0.05, 0) is 47.3 Å². The van der Waals surface area contributed by atoms with Crippen LogP contribution in [-0.4, -0.2) is 37.4 Å². The third kappa shape index (κ3) is 4.09. The topological polar surface area (TPSA) is 100 Å². The Morgan fingerprint density at radius 1 is 1.00 bits per heavy atom. The Kier molecular flexibility index (Phi) is 6.00. The van der Waals surface area contributed by atoms with Gasteiger partial charge in [-0.3, -0.25) is 9.59 Å². The summed E-state index contributed by atoms with van der Waals surface area (Å²) in [6.45, 7) is 0.400. The molecule has 0 aromatic heterocycles. The molecule has 2 N–H and O–H groups in total. The van der Waals surface area contributed by atoms with Gasteiger partial charge in [-0.2, -0.15) is 5.10 Å². The molecule has 5 rings (SSSR count). The number of ether oxygens (including phenoxy) is 2. The highest BCUT2D eigenvalue weighted by Crippen LogP contribution is 2.38. The van der Waals surface area contributed by atoms with Crippen molar-refractivity contribution in [2.45, 2.75) is 6.54 Å². The lowest BCUT2D eigenvalue weighted by molar-refractivity contribution is 0.0953. The van der Waals surface area contributed by atoms with Gasteiger partial charge in [0.1, 0.15) is 0 Å². The van der Waals surface area contributed by atoms with Gasteiger partial charge in [0.2, 0.25) is 5.75 Å². The van der Waals surface area contributed by atoms with E-state index in [4.69, 9.17) is 9.47 Å². The Labute approximate surface area is 207 Å². The average Bonchev–Trinajstić information content (AvgIpc) is 3.17. The van der Waals surface area contributed by atoms with E-state index in [1.165, 1.54) is 20.4 Å². The lowest BCUT2D eigenvalue weighted by Gasteiger charge is -2.18. The summed E-state index contributed by atoms with van der Waals surface area (Å²) in [5.41, 5.74) is 5.99. The number of amides is 2. The molecule has 0 saturated carbocycles. The van der Waals surface area contributed by atoms with Gasteiger partial charge < -0.3 is 19.5 Å². The molecule has 0 fully saturated rings. The van der Waals surface area contributed by atoms with Crippen LogP contribution in [0.15, 0.2) is 77.9 Å². The molecule has 8 heteroatoms. The van der Waals surface area contributed by atoms with Crippen molar-refractivity contribution in [2.24, 2.45) is 5.10 Å². The number of aromatic hydroxyl groups is 1. The average molecular weight is 482 g/mol. The van der Waals surface area contributed by atoms with Crippen molar-refractivity contribution in [2.75, 3.05) is 19.1 Å². The molecule has 0 bridgehead atoms. The monoisotopic (exact) mass is 481 g/mol. The Balaban J connectivity index is 1.26. The van der Waals surface area contributed by atoms with E-state index in [2.05, 4.69) is 10.5 Å². The molecule has 8 nitrogen and oxygen atoms in total. The number of carbonyl (C=O) groups excluding carboxylic acids is 2. The van der Waals surface area contributed by atoms with Gasteiger partial charge in [-0.25, -0.2) is 5.43 Å². The third-order valence-electron chi connectivity index (χ3n) is 6.09. The van der Waals surface area contributed by atoms with E-state index < -0.39 is 0 Å². The number of hydrogen-bond donors (Lipinski definition) is 2. The van der Waals surface area contributed by atoms with E-state index in [0.29, 0.717) is 23.2 Å². The molecule has 180 valence electrons. The van der Waals surface area contributed by atoms with Crippen LogP contribution >= 0.6 is 0 Å². The molecule has 0 unspecified atom stereocenters. The zero-order valence-electron chi connectivity index (χ0n) is 19.7. The van der Waals surface area contributed by atoms with Crippen LogP contribution in [0.4, 0.5) is 5.69 Å². The first-order chi connectivity index (χ1) is 17.5. The number of phenols is 1. The SMILES string of the molecule is COc1cc(/C=N/NC(=O)c2ccc(CN3C(=O)c4cccc5cccc3c45)cc2)cc(OC)c1O. The fraction of sp³-hybridized carbons (Fsp3) is 0.107. The van der Waals surface area contributed by atoms with Crippen molar-refractivity contribution < 1.29 is 24.2 Å². The molecule has 1 aliphatic rings. The van der Waals surface area contributed by atoms with Crippen LogP contribution < -0.4 is 19.8 Å². The largest absolute Gasteiger partial charge is 0.502 e. The minimum absolute atomic E-state index is 0.0274. The molecular weight excluding hydrogens is 458 g/mol. The first kappa shape index (κ1) is 22.9. The molecule has 36 heavy (non-hydrogen) atoms. The van der Waals surface area contributed by atoms with Gasteiger partial charge in [0, 0.05) is 22.1 Å². The zero-order chi connectivity index (χ0) is 25.2. The number of methoxy groups -OCH3 is 2. The highest BCUT2D eigenvalue weighted by molar-refractivity contribution is 6.24. The molecule has 0 radical (unpaired) electrons. The summed E-state index contributed by atoms with van der Waals surface area (Å²) in [4.78, 5) is 27.3. The Bertz CT molecular complexity index is 1480. The first-order valence-corrected chi connectivity index (χ1v) is 11.2. The zero-order valence-corrected chi connectivity index (χ0v) is 19.7. The minimum atomic E-state index is -0.384. The Morgan fingerprint density at radius 2 is 1.67 bits per heavy atom.